The number of carbonyl (C=O) groups is 2. The summed E-state index contributed by atoms with van der Waals surface area (Å²) in [5.41, 5.74) is 0.534. The maximum Gasteiger partial charge on any atom is 0.239 e. The lowest BCUT2D eigenvalue weighted by atomic mass is 10.0. The molecule has 0 radical (unpaired) electrons. The minimum atomic E-state index is -0.933. The number of likely N-dealkylation sites (tertiary alicyclic amines) is 1. The number of benzene rings is 1. The first-order chi connectivity index (χ1) is 11.5. The first kappa shape index (κ1) is 18.4. The number of amides is 2. The molecule has 0 unspecified atom stereocenters. The van der Waals surface area contributed by atoms with Gasteiger partial charge in [-0.25, -0.2) is 4.39 Å². The van der Waals surface area contributed by atoms with E-state index in [0.29, 0.717) is 18.5 Å². The normalized spacial score (nSPS) is 18.5. The van der Waals surface area contributed by atoms with E-state index in [0.717, 1.165) is 25.7 Å². The highest BCUT2D eigenvalue weighted by Gasteiger charge is 2.22. The lowest BCUT2D eigenvalue weighted by Gasteiger charge is -2.26. The van der Waals surface area contributed by atoms with Gasteiger partial charge >= 0.3 is 0 Å². The molecular formula is C18H25FN2O3. The van der Waals surface area contributed by atoms with Crippen molar-refractivity contribution in [2.45, 2.75) is 51.2 Å². The van der Waals surface area contributed by atoms with E-state index < -0.39 is 12.1 Å². The van der Waals surface area contributed by atoms with Crippen LogP contribution in [0.25, 0.3) is 0 Å². The van der Waals surface area contributed by atoms with Crippen LogP contribution in [0.2, 0.25) is 0 Å². The van der Waals surface area contributed by atoms with Gasteiger partial charge in [0.05, 0.1) is 18.7 Å². The van der Waals surface area contributed by atoms with Crippen LogP contribution in [-0.4, -0.2) is 41.0 Å². The summed E-state index contributed by atoms with van der Waals surface area (Å²) in [6.45, 7) is 2.29. The third-order valence-corrected chi connectivity index (χ3v) is 4.33. The molecular weight excluding hydrogens is 311 g/mol. The Kier molecular flexibility index (Phi) is 6.73. The highest BCUT2D eigenvalue weighted by atomic mass is 19.1. The van der Waals surface area contributed by atoms with Crippen LogP contribution in [0.15, 0.2) is 24.3 Å². The van der Waals surface area contributed by atoms with Crippen molar-refractivity contribution >= 4 is 11.8 Å². The molecule has 0 aliphatic carbocycles. The molecule has 0 saturated carbocycles. The third-order valence-electron chi connectivity index (χ3n) is 4.33. The number of carbonyl (C=O) groups excluding carboxylic acids is 2. The number of nitrogens with zero attached hydrogens (tertiary/aromatic N) is 1. The molecule has 1 fully saturated rings. The highest BCUT2D eigenvalue weighted by Crippen LogP contribution is 2.17. The standard InChI is InChI=1S/C18H25FN2O3/c1-13(18(24)14-7-9-15(19)10-8-14)20-16(22)12-21-11-5-3-2-4-6-17(21)23/h7-10,13,18,24H,2-6,11-12H2,1H3,(H,20,22)/t13-,18-/m1/s1. The Bertz CT molecular complexity index is 562. The molecule has 1 saturated heterocycles. The molecule has 0 spiro atoms. The molecule has 1 aliphatic rings. The summed E-state index contributed by atoms with van der Waals surface area (Å²) >= 11 is 0. The lowest BCUT2D eigenvalue weighted by molar-refractivity contribution is -0.137. The number of halogens is 1. The number of aliphatic hydroxyl groups is 1. The zero-order valence-corrected chi connectivity index (χ0v) is 14.0. The van der Waals surface area contributed by atoms with Crippen LogP contribution < -0.4 is 5.32 Å². The fourth-order valence-corrected chi connectivity index (χ4v) is 2.88. The van der Waals surface area contributed by atoms with Gasteiger partial charge in [0.1, 0.15) is 5.82 Å². The summed E-state index contributed by atoms with van der Waals surface area (Å²) in [6, 6.07) is 4.99. The predicted octanol–water partition coefficient (Wildman–Crippen LogP) is 2.16. The molecule has 2 rings (SSSR count). The molecule has 1 aliphatic heterocycles. The van der Waals surface area contributed by atoms with Crippen LogP contribution in [0.1, 0.15) is 50.7 Å². The molecule has 132 valence electrons. The summed E-state index contributed by atoms with van der Waals surface area (Å²) in [5, 5.41) is 13.0. The van der Waals surface area contributed by atoms with E-state index in [9.17, 15) is 19.1 Å². The van der Waals surface area contributed by atoms with E-state index >= 15 is 0 Å². The Morgan fingerprint density at radius 1 is 1.25 bits per heavy atom. The number of aliphatic hydroxyl groups excluding tert-OH is 1. The van der Waals surface area contributed by atoms with Gasteiger partial charge in [0.25, 0.3) is 0 Å². The van der Waals surface area contributed by atoms with Crippen LogP contribution in [0.3, 0.4) is 0 Å². The van der Waals surface area contributed by atoms with Gasteiger partial charge in [-0.1, -0.05) is 25.0 Å². The smallest absolute Gasteiger partial charge is 0.239 e. The average molecular weight is 336 g/mol. The van der Waals surface area contributed by atoms with Crippen molar-refractivity contribution in [2.24, 2.45) is 0 Å². The molecule has 2 atom stereocenters. The second kappa shape index (κ2) is 8.78. The third kappa shape index (κ3) is 5.30. The molecule has 2 N–H and O–H groups in total. The van der Waals surface area contributed by atoms with Crippen LogP contribution in [0.5, 0.6) is 0 Å². The molecule has 5 nitrogen and oxygen atoms in total. The van der Waals surface area contributed by atoms with Crippen molar-refractivity contribution in [1.29, 1.82) is 0 Å². The number of nitrogens with one attached hydrogen (secondary N) is 1. The maximum absolute atomic E-state index is 12.9. The average Bonchev–Trinajstić information content (AvgIpc) is 2.54. The summed E-state index contributed by atoms with van der Waals surface area (Å²) in [7, 11) is 0. The van der Waals surface area contributed by atoms with Crippen molar-refractivity contribution < 1.29 is 19.1 Å². The van der Waals surface area contributed by atoms with Gasteiger partial charge in [0.15, 0.2) is 0 Å². The molecule has 24 heavy (non-hydrogen) atoms. The molecule has 2 amide bonds. The molecule has 1 aromatic rings. The van der Waals surface area contributed by atoms with Crippen molar-refractivity contribution in [3.63, 3.8) is 0 Å². The molecule has 0 bridgehead atoms. The summed E-state index contributed by atoms with van der Waals surface area (Å²) in [5.74, 6) is -0.660. The summed E-state index contributed by atoms with van der Waals surface area (Å²) < 4.78 is 12.9. The monoisotopic (exact) mass is 336 g/mol. The van der Waals surface area contributed by atoms with E-state index in [2.05, 4.69) is 5.32 Å². The van der Waals surface area contributed by atoms with Crippen molar-refractivity contribution in [2.75, 3.05) is 13.1 Å². The van der Waals surface area contributed by atoms with Crippen molar-refractivity contribution in [3.05, 3.63) is 35.6 Å². The number of rotatable bonds is 5. The molecule has 6 heteroatoms. The summed E-state index contributed by atoms with van der Waals surface area (Å²) in [6.07, 6.45) is 3.47. The first-order valence-electron chi connectivity index (χ1n) is 8.48. The zero-order chi connectivity index (χ0) is 17.5. The minimum absolute atomic E-state index is 0.0107. The van der Waals surface area contributed by atoms with E-state index in [1.165, 1.54) is 24.3 Å². The van der Waals surface area contributed by atoms with Gasteiger partial charge in [-0.05, 0) is 37.5 Å². The second-order valence-corrected chi connectivity index (χ2v) is 6.33. The van der Waals surface area contributed by atoms with Gasteiger partial charge in [0, 0.05) is 13.0 Å². The van der Waals surface area contributed by atoms with Gasteiger partial charge in [-0.15, -0.1) is 0 Å². The Morgan fingerprint density at radius 2 is 1.92 bits per heavy atom. The van der Waals surface area contributed by atoms with Gasteiger partial charge < -0.3 is 15.3 Å². The van der Waals surface area contributed by atoms with Crippen LogP contribution >= 0.6 is 0 Å². The van der Waals surface area contributed by atoms with Gasteiger partial charge in [-0.2, -0.15) is 0 Å². The lowest BCUT2D eigenvalue weighted by Crippen LogP contribution is -2.45. The number of hydrogen-bond donors (Lipinski definition) is 2. The minimum Gasteiger partial charge on any atom is -0.386 e. The second-order valence-electron chi connectivity index (χ2n) is 6.33. The molecule has 0 aromatic heterocycles. The van der Waals surface area contributed by atoms with E-state index in [-0.39, 0.29) is 24.2 Å². The fraction of sp³-hybridized carbons (Fsp3) is 0.556. The van der Waals surface area contributed by atoms with E-state index in [4.69, 9.17) is 0 Å². The van der Waals surface area contributed by atoms with Crippen LogP contribution in [-0.2, 0) is 9.59 Å². The zero-order valence-electron chi connectivity index (χ0n) is 14.0. The maximum atomic E-state index is 12.9. The summed E-state index contributed by atoms with van der Waals surface area (Å²) in [4.78, 5) is 25.8. The highest BCUT2D eigenvalue weighted by molar-refractivity contribution is 5.85. The topological polar surface area (TPSA) is 69.6 Å². The van der Waals surface area contributed by atoms with Crippen LogP contribution in [0.4, 0.5) is 4.39 Å². The quantitative estimate of drug-likeness (QED) is 0.866. The Morgan fingerprint density at radius 3 is 2.62 bits per heavy atom. The first-order valence-corrected chi connectivity index (χ1v) is 8.48. The predicted molar refractivity (Wildman–Crippen MR) is 88.6 cm³/mol. The Balaban J connectivity index is 1.88. The number of hydrogen-bond acceptors (Lipinski definition) is 3. The van der Waals surface area contributed by atoms with Gasteiger partial charge in [-0.3, -0.25) is 9.59 Å². The van der Waals surface area contributed by atoms with E-state index in [1.807, 2.05) is 0 Å². The van der Waals surface area contributed by atoms with Crippen molar-refractivity contribution in [1.82, 2.24) is 10.2 Å². The fourth-order valence-electron chi connectivity index (χ4n) is 2.88. The molecule has 1 aromatic carbocycles. The molecule has 1 heterocycles. The van der Waals surface area contributed by atoms with Crippen molar-refractivity contribution in [3.8, 4) is 0 Å². The van der Waals surface area contributed by atoms with Gasteiger partial charge in [0.2, 0.25) is 11.8 Å². The SMILES string of the molecule is C[C@@H](NC(=O)CN1CCCCCCC1=O)[C@@H](O)c1ccc(F)cc1. The van der Waals surface area contributed by atoms with Crippen LogP contribution in [0, 0.1) is 5.82 Å². The largest absolute Gasteiger partial charge is 0.386 e. The van der Waals surface area contributed by atoms with E-state index in [1.54, 1.807) is 11.8 Å². The Labute approximate surface area is 141 Å². The Hall–Kier alpha value is -1.95.